The second kappa shape index (κ2) is 14.5. The van der Waals surface area contributed by atoms with Gasteiger partial charge in [-0.3, -0.25) is 4.79 Å². The number of hydrogen-bond donors (Lipinski definition) is 1. The highest BCUT2D eigenvalue weighted by Gasteiger charge is 2.44. The Morgan fingerprint density at radius 1 is 1.35 bits per heavy atom. The molecule has 0 aromatic carbocycles. The van der Waals surface area contributed by atoms with Crippen molar-refractivity contribution >= 4 is 23.0 Å². The summed E-state index contributed by atoms with van der Waals surface area (Å²) < 4.78 is 11.6. The van der Waals surface area contributed by atoms with E-state index >= 15 is 0 Å². The van der Waals surface area contributed by atoms with Crippen LogP contribution in [-0.4, -0.2) is 41.3 Å². The zero-order valence-corrected chi connectivity index (χ0v) is 20.8. The van der Waals surface area contributed by atoms with Gasteiger partial charge in [-0.2, -0.15) is 0 Å². The van der Waals surface area contributed by atoms with Crippen molar-refractivity contribution in [3.63, 3.8) is 0 Å². The normalized spacial score (nSPS) is 26.2. The molecule has 0 spiro atoms. The van der Waals surface area contributed by atoms with Crippen LogP contribution in [0.5, 0.6) is 0 Å². The Bertz CT molecular complexity index is 658. The smallest absolute Gasteiger partial charge is 0.330 e. The molecular formula is C25H41NO4S. The molecule has 3 atom stereocenters. The maximum absolute atomic E-state index is 12.3. The molecule has 0 aromatic rings. The summed E-state index contributed by atoms with van der Waals surface area (Å²) >= 11 is 1.28. The van der Waals surface area contributed by atoms with Crippen molar-refractivity contribution in [3.8, 4) is 0 Å². The molecule has 2 aliphatic rings. The molecule has 3 unspecified atom stereocenters. The predicted molar refractivity (Wildman–Crippen MR) is 130 cm³/mol. The van der Waals surface area contributed by atoms with Gasteiger partial charge in [0.15, 0.2) is 0 Å². The van der Waals surface area contributed by atoms with Crippen molar-refractivity contribution < 1.29 is 19.1 Å². The largest absolute Gasteiger partial charge is 0.459 e. The minimum atomic E-state index is -0.496. The fourth-order valence-electron chi connectivity index (χ4n) is 3.58. The monoisotopic (exact) mass is 451 g/mol. The average Bonchev–Trinajstić information content (AvgIpc) is 3.18. The first-order valence-electron chi connectivity index (χ1n) is 11.6. The van der Waals surface area contributed by atoms with Crippen molar-refractivity contribution in [2.24, 2.45) is 0 Å². The van der Waals surface area contributed by atoms with Crippen LogP contribution in [0.25, 0.3) is 0 Å². The molecule has 0 aliphatic carbocycles. The van der Waals surface area contributed by atoms with Crippen molar-refractivity contribution in [3.05, 3.63) is 36.0 Å². The molecule has 2 aliphatic heterocycles. The summed E-state index contributed by atoms with van der Waals surface area (Å²) in [6, 6.07) is -0.0452. The first-order valence-corrected chi connectivity index (χ1v) is 12.6. The summed E-state index contributed by atoms with van der Waals surface area (Å²) in [6.45, 7) is 14.8. The quantitative estimate of drug-likeness (QED) is 0.238. The molecule has 0 saturated carbocycles. The van der Waals surface area contributed by atoms with E-state index in [1.807, 2.05) is 27.7 Å². The van der Waals surface area contributed by atoms with E-state index in [4.69, 9.17) is 9.47 Å². The van der Waals surface area contributed by atoms with Gasteiger partial charge in [-0.25, -0.2) is 4.79 Å². The van der Waals surface area contributed by atoms with E-state index in [-0.39, 0.29) is 23.4 Å². The number of amides is 1. The lowest BCUT2D eigenvalue weighted by Gasteiger charge is -2.41. The van der Waals surface area contributed by atoms with Gasteiger partial charge in [-0.1, -0.05) is 68.8 Å². The Balaban J connectivity index is 0.00000233. The summed E-state index contributed by atoms with van der Waals surface area (Å²) in [6.07, 6.45) is 11.9. The highest BCUT2D eigenvalue weighted by atomic mass is 32.2. The van der Waals surface area contributed by atoms with E-state index in [9.17, 15) is 9.59 Å². The number of ether oxygens (including phenoxy) is 2. The molecule has 2 heterocycles. The average molecular weight is 452 g/mol. The van der Waals surface area contributed by atoms with E-state index in [0.29, 0.717) is 25.2 Å². The van der Waals surface area contributed by atoms with E-state index in [0.717, 1.165) is 37.7 Å². The van der Waals surface area contributed by atoms with E-state index in [2.05, 4.69) is 31.0 Å². The maximum atomic E-state index is 12.3. The van der Waals surface area contributed by atoms with Gasteiger partial charge in [0, 0.05) is 24.7 Å². The summed E-state index contributed by atoms with van der Waals surface area (Å²) in [5.41, 5.74) is 1.68. The SMILES string of the molecule is C=C(C/C=C\CCC)CC/C(C)=C\C(=O)OC1CCOC(C)(C2CSC(=O)N2)C1.CC. The lowest BCUT2D eigenvalue weighted by Crippen LogP contribution is -2.54. The Morgan fingerprint density at radius 2 is 2.10 bits per heavy atom. The van der Waals surface area contributed by atoms with Gasteiger partial charge in [-0.15, -0.1) is 0 Å². The van der Waals surface area contributed by atoms with E-state index in [1.165, 1.54) is 17.3 Å². The highest BCUT2D eigenvalue weighted by Crippen LogP contribution is 2.34. The van der Waals surface area contributed by atoms with Crippen LogP contribution in [0.1, 0.15) is 79.6 Å². The van der Waals surface area contributed by atoms with Crippen molar-refractivity contribution in [2.75, 3.05) is 12.4 Å². The van der Waals surface area contributed by atoms with Crippen molar-refractivity contribution in [1.29, 1.82) is 0 Å². The minimum Gasteiger partial charge on any atom is -0.459 e. The van der Waals surface area contributed by atoms with E-state index < -0.39 is 5.60 Å². The van der Waals surface area contributed by atoms with Crippen molar-refractivity contribution in [2.45, 2.75) is 97.3 Å². The van der Waals surface area contributed by atoms with Crippen LogP contribution < -0.4 is 5.32 Å². The number of hydrogen-bond acceptors (Lipinski definition) is 5. The fraction of sp³-hybridized carbons (Fsp3) is 0.680. The number of unbranched alkanes of at least 4 members (excludes halogenated alkanes) is 1. The summed E-state index contributed by atoms with van der Waals surface area (Å²) in [5.74, 6) is 0.391. The Labute approximate surface area is 193 Å². The van der Waals surface area contributed by atoms with Crippen LogP contribution in [0, 0.1) is 0 Å². The third kappa shape index (κ3) is 10.1. The molecule has 1 N–H and O–H groups in total. The molecule has 6 heteroatoms. The molecule has 31 heavy (non-hydrogen) atoms. The van der Waals surface area contributed by atoms with Crippen LogP contribution >= 0.6 is 11.8 Å². The lowest BCUT2D eigenvalue weighted by molar-refractivity contribution is -0.161. The Hall–Kier alpha value is -1.53. The number of rotatable bonds is 10. The molecule has 176 valence electrons. The highest BCUT2D eigenvalue weighted by molar-refractivity contribution is 8.14. The van der Waals surface area contributed by atoms with Crippen LogP contribution in [-0.2, 0) is 14.3 Å². The van der Waals surface area contributed by atoms with E-state index in [1.54, 1.807) is 6.08 Å². The lowest BCUT2D eigenvalue weighted by atomic mass is 9.87. The molecule has 2 saturated heterocycles. The molecule has 2 fully saturated rings. The Kier molecular flexibility index (Phi) is 12.9. The molecule has 0 bridgehead atoms. The van der Waals surface area contributed by atoms with Gasteiger partial charge in [0.05, 0.1) is 18.2 Å². The zero-order chi connectivity index (χ0) is 23.3. The predicted octanol–water partition coefficient (Wildman–Crippen LogP) is 6.35. The standard InChI is InChI=1S/C23H35NO4S.C2H6/c1-5-6-7-8-9-17(2)10-11-18(3)14-21(25)28-19-12-13-27-23(4,15-19)20-16-29-22(26)24-20;1-2/h7-8,14,19-20H,2,5-6,9-13,15-16H2,1,3-4H3,(H,24,26);1-2H3/b8-7-,18-14-;. The summed E-state index contributed by atoms with van der Waals surface area (Å²) in [7, 11) is 0. The number of esters is 1. The third-order valence-electron chi connectivity index (χ3n) is 5.46. The molecule has 0 radical (unpaired) electrons. The number of nitrogens with one attached hydrogen (secondary N) is 1. The van der Waals surface area contributed by atoms with Gasteiger partial charge < -0.3 is 14.8 Å². The third-order valence-corrected chi connectivity index (χ3v) is 6.34. The van der Waals surface area contributed by atoms with Crippen LogP contribution in [0.4, 0.5) is 4.79 Å². The van der Waals surface area contributed by atoms with Gasteiger partial charge in [0.2, 0.25) is 0 Å². The first-order chi connectivity index (χ1) is 14.8. The van der Waals surface area contributed by atoms with Crippen LogP contribution in [0.3, 0.4) is 0 Å². The van der Waals surface area contributed by atoms with Crippen LogP contribution in [0.2, 0.25) is 0 Å². The molecular weight excluding hydrogens is 410 g/mol. The summed E-state index contributed by atoms with van der Waals surface area (Å²) in [5, 5.41) is 2.94. The zero-order valence-electron chi connectivity index (χ0n) is 20.0. The number of carbonyl (C=O) groups excluding carboxylic acids is 2. The fourth-order valence-corrected chi connectivity index (χ4v) is 4.56. The second-order valence-corrected chi connectivity index (χ2v) is 9.21. The molecule has 0 aromatic heterocycles. The maximum Gasteiger partial charge on any atom is 0.330 e. The number of allylic oxidation sites excluding steroid dienone is 4. The Morgan fingerprint density at radius 3 is 2.74 bits per heavy atom. The van der Waals surface area contributed by atoms with Crippen molar-refractivity contribution in [1.82, 2.24) is 5.32 Å². The molecule has 5 nitrogen and oxygen atoms in total. The van der Waals surface area contributed by atoms with Crippen LogP contribution in [0.15, 0.2) is 36.0 Å². The first kappa shape index (κ1) is 27.5. The molecule has 1 amide bonds. The second-order valence-electron chi connectivity index (χ2n) is 8.21. The molecule has 2 rings (SSSR count). The minimum absolute atomic E-state index is 0.0139. The van der Waals surface area contributed by atoms with Gasteiger partial charge in [0.25, 0.3) is 5.24 Å². The van der Waals surface area contributed by atoms with Gasteiger partial charge in [0.1, 0.15) is 6.10 Å². The topological polar surface area (TPSA) is 64.6 Å². The number of thioether (sulfide) groups is 1. The van der Waals surface area contributed by atoms with Gasteiger partial charge >= 0.3 is 5.97 Å². The van der Waals surface area contributed by atoms with Gasteiger partial charge in [-0.05, 0) is 39.5 Å². The number of carbonyl (C=O) groups is 2. The summed E-state index contributed by atoms with van der Waals surface area (Å²) in [4.78, 5) is 23.9.